The summed E-state index contributed by atoms with van der Waals surface area (Å²) < 4.78 is 0. The predicted molar refractivity (Wildman–Crippen MR) is 109 cm³/mol. The number of anilines is 1. The highest BCUT2D eigenvalue weighted by Gasteiger charge is 2.35. The van der Waals surface area contributed by atoms with Gasteiger partial charge in [-0.2, -0.15) is 10.5 Å². The van der Waals surface area contributed by atoms with Crippen LogP contribution in [-0.2, 0) is 4.79 Å². The number of hydrogen-bond acceptors (Lipinski definition) is 5. The minimum atomic E-state index is -1.19. The number of thioether (sulfide) groups is 1. The van der Waals surface area contributed by atoms with E-state index in [0.717, 1.165) is 0 Å². The van der Waals surface area contributed by atoms with Gasteiger partial charge in [0.1, 0.15) is 5.92 Å². The molecule has 0 saturated carbocycles. The summed E-state index contributed by atoms with van der Waals surface area (Å²) in [6.45, 7) is 0. The molecule has 136 valence electrons. The number of carbonyl (C=O) groups is 1. The molecule has 0 saturated heterocycles. The van der Waals surface area contributed by atoms with Crippen LogP contribution in [0, 0.1) is 28.6 Å². The summed E-state index contributed by atoms with van der Waals surface area (Å²) in [4.78, 5) is 12.8. The first-order valence-corrected chi connectivity index (χ1v) is 9.57. The summed E-state index contributed by atoms with van der Waals surface area (Å²) in [5.41, 5.74) is 7.20. The Morgan fingerprint density at radius 3 is 2.33 bits per heavy atom. The fraction of sp³-hybridized carbons (Fsp3) is 0.150. The summed E-state index contributed by atoms with van der Waals surface area (Å²) in [6.07, 6.45) is 1.72. The largest absolute Gasteiger partial charge is 0.393 e. The molecular weight excluding hydrogens is 380 g/mol. The highest BCUT2D eigenvalue weighted by Crippen LogP contribution is 2.38. The molecule has 5 nitrogen and oxygen atoms in total. The summed E-state index contributed by atoms with van der Waals surface area (Å²) in [6, 6.07) is 19.7. The van der Waals surface area contributed by atoms with Crippen molar-refractivity contribution in [1.29, 1.82) is 10.5 Å². The van der Waals surface area contributed by atoms with Gasteiger partial charge < -0.3 is 11.1 Å². The third kappa shape index (κ3) is 4.83. The van der Waals surface area contributed by atoms with Crippen LogP contribution in [0.2, 0.25) is 5.02 Å². The van der Waals surface area contributed by atoms with Crippen molar-refractivity contribution in [1.82, 2.24) is 0 Å². The number of allylic oxidation sites excluding steroid dienone is 1. The molecule has 0 spiro atoms. The Kier molecular flexibility index (Phi) is 7.31. The molecule has 7 heteroatoms. The maximum Gasteiger partial charge on any atom is 0.242 e. The normalized spacial score (nSPS) is 13.5. The van der Waals surface area contributed by atoms with Crippen LogP contribution in [0.25, 0.3) is 0 Å². The molecule has 0 aliphatic carbocycles. The number of carbonyl (C=O) groups excluding carboxylic acids is 1. The zero-order valence-electron chi connectivity index (χ0n) is 14.5. The van der Waals surface area contributed by atoms with Gasteiger partial charge in [-0.1, -0.05) is 48.0 Å². The van der Waals surface area contributed by atoms with E-state index < -0.39 is 17.7 Å². The summed E-state index contributed by atoms with van der Waals surface area (Å²) >= 11 is 7.49. The van der Waals surface area contributed by atoms with E-state index in [2.05, 4.69) is 11.4 Å². The molecule has 3 N–H and O–H groups in total. The van der Waals surface area contributed by atoms with Gasteiger partial charge in [-0.05, 0) is 30.0 Å². The lowest BCUT2D eigenvalue weighted by Gasteiger charge is -2.23. The highest BCUT2D eigenvalue weighted by atomic mass is 35.5. The van der Waals surface area contributed by atoms with Gasteiger partial charge in [0.15, 0.2) is 0 Å². The molecule has 2 rings (SSSR count). The van der Waals surface area contributed by atoms with Crippen LogP contribution in [0.1, 0.15) is 11.5 Å². The number of halogens is 1. The van der Waals surface area contributed by atoms with Gasteiger partial charge in [0.25, 0.3) is 0 Å². The zero-order valence-corrected chi connectivity index (χ0v) is 16.1. The van der Waals surface area contributed by atoms with Gasteiger partial charge in [-0.3, -0.25) is 4.79 Å². The molecular formula is C20H17ClN4OS. The second-order valence-electron chi connectivity index (χ2n) is 5.56. The number of benzene rings is 2. The molecule has 0 heterocycles. The average molecular weight is 397 g/mol. The van der Waals surface area contributed by atoms with Crippen molar-refractivity contribution in [2.24, 2.45) is 11.7 Å². The molecule has 1 amide bonds. The number of para-hydroxylation sites is 1. The van der Waals surface area contributed by atoms with E-state index in [9.17, 15) is 15.3 Å². The number of hydrogen-bond donors (Lipinski definition) is 2. The predicted octanol–water partition coefficient (Wildman–Crippen LogP) is 4.26. The minimum Gasteiger partial charge on any atom is -0.393 e. The van der Waals surface area contributed by atoms with Gasteiger partial charge in [0, 0.05) is 16.6 Å². The maximum atomic E-state index is 12.8. The Morgan fingerprint density at radius 2 is 1.78 bits per heavy atom. The van der Waals surface area contributed by atoms with E-state index in [1.807, 2.05) is 12.1 Å². The van der Waals surface area contributed by atoms with E-state index in [0.29, 0.717) is 16.3 Å². The second kappa shape index (κ2) is 9.68. The number of rotatable bonds is 6. The van der Waals surface area contributed by atoms with Gasteiger partial charge >= 0.3 is 0 Å². The minimum absolute atomic E-state index is 0.144. The van der Waals surface area contributed by atoms with Crippen LogP contribution >= 0.6 is 23.4 Å². The quantitative estimate of drug-likeness (QED) is 0.710. The SMILES string of the molecule is CS/C(N)=C(\C#N)[C@@H](c1ccccc1Cl)[C@H](C#N)C(=O)Nc1ccccc1. The van der Waals surface area contributed by atoms with Crippen molar-refractivity contribution in [3.05, 3.63) is 75.8 Å². The lowest BCUT2D eigenvalue weighted by molar-refractivity contribution is -0.118. The van der Waals surface area contributed by atoms with Crippen molar-refractivity contribution < 1.29 is 4.79 Å². The number of nitrogens with zero attached hydrogens (tertiary/aromatic N) is 2. The van der Waals surface area contributed by atoms with E-state index in [4.69, 9.17) is 17.3 Å². The van der Waals surface area contributed by atoms with Crippen molar-refractivity contribution in [3.8, 4) is 12.1 Å². The smallest absolute Gasteiger partial charge is 0.242 e. The number of nitrogens with one attached hydrogen (secondary N) is 1. The molecule has 0 bridgehead atoms. The fourth-order valence-corrected chi connectivity index (χ4v) is 3.29. The Labute approximate surface area is 167 Å². The van der Waals surface area contributed by atoms with E-state index in [1.54, 1.807) is 54.8 Å². The molecule has 0 fully saturated rings. The second-order valence-corrected chi connectivity index (χ2v) is 6.81. The van der Waals surface area contributed by atoms with Crippen molar-refractivity contribution in [2.45, 2.75) is 5.92 Å². The van der Waals surface area contributed by atoms with Crippen LogP contribution < -0.4 is 11.1 Å². The number of nitriles is 2. The van der Waals surface area contributed by atoms with Gasteiger partial charge in [-0.25, -0.2) is 0 Å². The standard InChI is InChI=1S/C20H17ClN4OS/c1-27-19(24)15(11-22)18(14-9-5-6-10-17(14)21)16(12-23)20(26)25-13-7-3-2-4-8-13/h2-10,16,18H,24H2,1H3,(H,25,26)/b19-15+/t16-,18+/m0/s1. The first kappa shape index (κ1) is 20.4. The van der Waals surface area contributed by atoms with E-state index in [1.165, 1.54) is 11.8 Å². The third-order valence-electron chi connectivity index (χ3n) is 3.95. The number of amides is 1. The fourth-order valence-electron chi connectivity index (χ4n) is 2.64. The molecule has 27 heavy (non-hydrogen) atoms. The van der Waals surface area contributed by atoms with Crippen molar-refractivity contribution in [2.75, 3.05) is 11.6 Å². The van der Waals surface area contributed by atoms with Crippen LogP contribution in [-0.4, -0.2) is 12.2 Å². The lowest BCUT2D eigenvalue weighted by atomic mass is 9.81. The Bertz CT molecular complexity index is 931. The summed E-state index contributed by atoms with van der Waals surface area (Å²) in [7, 11) is 0. The van der Waals surface area contributed by atoms with Gasteiger partial charge in [-0.15, -0.1) is 11.8 Å². The Hall–Kier alpha value is -2.93. The average Bonchev–Trinajstić information content (AvgIpc) is 2.69. The van der Waals surface area contributed by atoms with E-state index >= 15 is 0 Å². The van der Waals surface area contributed by atoms with Gasteiger partial charge in [0.05, 0.1) is 22.7 Å². The van der Waals surface area contributed by atoms with Crippen LogP contribution in [0.5, 0.6) is 0 Å². The lowest BCUT2D eigenvalue weighted by Crippen LogP contribution is -2.29. The first-order valence-electron chi connectivity index (χ1n) is 7.97. The van der Waals surface area contributed by atoms with Crippen molar-refractivity contribution >= 4 is 35.0 Å². The summed E-state index contributed by atoms with van der Waals surface area (Å²) in [5.74, 6) is -2.61. The van der Waals surface area contributed by atoms with E-state index in [-0.39, 0.29) is 10.6 Å². The topological polar surface area (TPSA) is 103 Å². The van der Waals surface area contributed by atoms with Crippen molar-refractivity contribution in [3.63, 3.8) is 0 Å². The third-order valence-corrected chi connectivity index (χ3v) is 4.96. The molecule has 0 aliphatic rings. The van der Waals surface area contributed by atoms with Crippen LogP contribution in [0.3, 0.4) is 0 Å². The Balaban J connectivity index is 2.54. The molecule has 0 radical (unpaired) electrons. The molecule has 2 aromatic carbocycles. The monoisotopic (exact) mass is 396 g/mol. The maximum absolute atomic E-state index is 12.8. The van der Waals surface area contributed by atoms with Crippen LogP contribution in [0.15, 0.2) is 65.2 Å². The summed E-state index contributed by atoms with van der Waals surface area (Å²) in [5, 5.41) is 22.8. The molecule has 2 aromatic rings. The molecule has 0 aromatic heterocycles. The van der Waals surface area contributed by atoms with Crippen LogP contribution in [0.4, 0.5) is 5.69 Å². The van der Waals surface area contributed by atoms with Gasteiger partial charge in [0.2, 0.25) is 5.91 Å². The first-order chi connectivity index (χ1) is 13.0. The molecule has 0 aliphatic heterocycles. The molecule has 0 unspecified atom stereocenters. The zero-order chi connectivity index (χ0) is 19.8. The Morgan fingerprint density at radius 1 is 1.15 bits per heavy atom. The number of nitrogens with two attached hydrogens (primary N) is 1. The highest BCUT2D eigenvalue weighted by molar-refractivity contribution is 8.02. The molecule has 2 atom stereocenters.